The zero-order valence-corrected chi connectivity index (χ0v) is 11.6. The molecule has 1 fully saturated rings. The summed E-state index contributed by atoms with van der Waals surface area (Å²) in [7, 11) is 0. The third-order valence-corrected chi connectivity index (χ3v) is 3.94. The van der Waals surface area contributed by atoms with Gasteiger partial charge in [0.05, 0.1) is 27.9 Å². The highest BCUT2D eigenvalue weighted by molar-refractivity contribution is 6.34. The first-order valence-corrected chi connectivity index (χ1v) is 6.43. The van der Waals surface area contributed by atoms with Crippen LogP contribution in [0, 0.1) is 0 Å². The standard InChI is InChI=1S/C13H17ClN2O3/c1-7-13(2,3-4-19-7)16-11-9(12(17)18)5-8(15)6-10(11)14/h5-7,16H,3-4,15H2,1-2H3,(H,17,18). The molecule has 0 bridgehead atoms. The van der Waals surface area contributed by atoms with Crippen LogP contribution in [-0.2, 0) is 4.74 Å². The first-order valence-electron chi connectivity index (χ1n) is 6.05. The fraction of sp³-hybridized carbons (Fsp3) is 0.462. The van der Waals surface area contributed by atoms with Gasteiger partial charge in [-0.2, -0.15) is 0 Å². The first-order chi connectivity index (χ1) is 8.83. The van der Waals surface area contributed by atoms with Gasteiger partial charge in [0.15, 0.2) is 0 Å². The topological polar surface area (TPSA) is 84.6 Å². The Balaban J connectivity index is 2.42. The molecule has 19 heavy (non-hydrogen) atoms. The van der Waals surface area contributed by atoms with Crippen LogP contribution in [0.2, 0.25) is 5.02 Å². The molecular formula is C13H17ClN2O3. The van der Waals surface area contributed by atoms with Crippen molar-refractivity contribution < 1.29 is 14.6 Å². The van der Waals surface area contributed by atoms with Crippen molar-refractivity contribution in [3.05, 3.63) is 22.7 Å². The Kier molecular flexibility index (Phi) is 3.60. The van der Waals surface area contributed by atoms with Gasteiger partial charge in [0.1, 0.15) is 0 Å². The van der Waals surface area contributed by atoms with E-state index in [4.69, 9.17) is 22.1 Å². The number of carbonyl (C=O) groups is 1. The maximum absolute atomic E-state index is 11.3. The number of ether oxygens (including phenoxy) is 1. The fourth-order valence-electron chi connectivity index (χ4n) is 2.21. The lowest BCUT2D eigenvalue weighted by Gasteiger charge is -2.31. The maximum Gasteiger partial charge on any atom is 0.337 e. The fourth-order valence-corrected chi connectivity index (χ4v) is 2.48. The lowest BCUT2D eigenvalue weighted by Crippen LogP contribution is -2.41. The van der Waals surface area contributed by atoms with E-state index in [1.165, 1.54) is 6.07 Å². The van der Waals surface area contributed by atoms with Gasteiger partial charge < -0.3 is 20.9 Å². The van der Waals surface area contributed by atoms with Crippen LogP contribution < -0.4 is 11.1 Å². The van der Waals surface area contributed by atoms with Gasteiger partial charge in [-0.3, -0.25) is 0 Å². The number of nitrogen functional groups attached to an aromatic ring is 1. The Morgan fingerprint density at radius 2 is 2.32 bits per heavy atom. The molecule has 0 aliphatic carbocycles. The van der Waals surface area contributed by atoms with E-state index < -0.39 is 5.97 Å². The van der Waals surface area contributed by atoms with Crippen LogP contribution in [-0.4, -0.2) is 29.3 Å². The average Bonchev–Trinajstić information content (AvgIpc) is 2.62. The van der Waals surface area contributed by atoms with E-state index in [9.17, 15) is 9.90 Å². The molecule has 104 valence electrons. The lowest BCUT2D eigenvalue weighted by atomic mass is 9.93. The predicted molar refractivity (Wildman–Crippen MR) is 74.9 cm³/mol. The van der Waals surface area contributed by atoms with E-state index in [0.717, 1.165) is 6.42 Å². The highest BCUT2D eigenvalue weighted by Crippen LogP contribution is 2.36. The van der Waals surface area contributed by atoms with E-state index in [1.54, 1.807) is 6.07 Å². The average molecular weight is 285 g/mol. The van der Waals surface area contributed by atoms with Crippen LogP contribution in [0.15, 0.2) is 12.1 Å². The number of halogens is 1. The number of carboxylic acids is 1. The molecule has 4 N–H and O–H groups in total. The van der Waals surface area contributed by atoms with Gasteiger partial charge in [-0.05, 0) is 32.4 Å². The molecule has 1 aliphatic rings. The second-order valence-corrected chi connectivity index (χ2v) is 5.44. The molecule has 1 aromatic rings. The summed E-state index contributed by atoms with van der Waals surface area (Å²) in [5.74, 6) is -1.06. The van der Waals surface area contributed by atoms with Crippen molar-refractivity contribution >= 4 is 28.9 Å². The van der Waals surface area contributed by atoms with Crippen molar-refractivity contribution in [3.63, 3.8) is 0 Å². The van der Waals surface area contributed by atoms with E-state index in [-0.39, 0.29) is 17.2 Å². The highest BCUT2D eigenvalue weighted by Gasteiger charge is 2.38. The smallest absolute Gasteiger partial charge is 0.337 e. The molecule has 0 amide bonds. The van der Waals surface area contributed by atoms with Crippen molar-refractivity contribution in [2.24, 2.45) is 0 Å². The van der Waals surface area contributed by atoms with Crippen molar-refractivity contribution in [2.45, 2.75) is 31.9 Å². The Labute approximate surface area is 116 Å². The molecule has 1 saturated heterocycles. The SMILES string of the molecule is CC1OCCC1(C)Nc1c(Cl)cc(N)cc1C(=O)O. The molecule has 2 rings (SSSR count). The number of benzene rings is 1. The zero-order chi connectivity index (χ0) is 14.2. The zero-order valence-electron chi connectivity index (χ0n) is 10.9. The van der Waals surface area contributed by atoms with E-state index >= 15 is 0 Å². The Morgan fingerprint density at radius 1 is 1.63 bits per heavy atom. The van der Waals surface area contributed by atoms with Gasteiger partial charge in [0.25, 0.3) is 0 Å². The van der Waals surface area contributed by atoms with Crippen LogP contribution in [0.1, 0.15) is 30.6 Å². The monoisotopic (exact) mass is 284 g/mol. The summed E-state index contributed by atoms with van der Waals surface area (Å²) in [5, 5.41) is 12.8. The van der Waals surface area contributed by atoms with Crippen molar-refractivity contribution in [2.75, 3.05) is 17.7 Å². The molecule has 0 saturated carbocycles. The van der Waals surface area contributed by atoms with Crippen molar-refractivity contribution in [1.82, 2.24) is 0 Å². The van der Waals surface area contributed by atoms with Crippen LogP contribution in [0.5, 0.6) is 0 Å². The number of nitrogens with one attached hydrogen (secondary N) is 1. The van der Waals surface area contributed by atoms with Gasteiger partial charge in [-0.25, -0.2) is 4.79 Å². The normalized spacial score (nSPS) is 26.4. The third kappa shape index (κ3) is 2.62. The highest BCUT2D eigenvalue weighted by atomic mass is 35.5. The molecule has 1 heterocycles. The second kappa shape index (κ2) is 4.90. The minimum absolute atomic E-state index is 0.0252. The van der Waals surface area contributed by atoms with Crippen LogP contribution in [0.25, 0.3) is 0 Å². The van der Waals surface area contributed by atoms with Crippen LogP contribution in [0.4, 0.5) is 11.4 Å². The number of hydrogen-bond donors (Lipinski definition) is 3. The Hall–Kier alpha value is -1.46. The van der Waals surface area contributed by atoms with Gasteiger partial charge in [-0.1, -0.05) is 11.6 Å². The van der Waals surface area contributed by atoms with E-state index in [2.05, 4.69) is 5.32 Å². The van der Waals surface area contributed by atoms with Crippen LogP contribution in [0.3, 0.4) is 0 Å². The summed E-state index contributed by atoms with van der Waals surface area (Å²) >= 11 is 6.12. The quantitative estimate of drug-likeness (QED) is 0.743. The van der Waals surface area contributed by atoms with E-state index in [1.807, 2.05) is 13.8 Å². The second-order valence-electron chi connectivity index (χ2n) is 5.04. The molecule has 5 nitrogen and oxygen atoms in total. The molecule has 6 heteroatoms. The molecule has 2 unspecified atom stereocenters. The summed E-state index contributed by atoms with van der Waals surface area (Å²) in [6, 6.07) is 2.94. The van der Waals surface area contributed by atoms with Crippen molar-refractivity contribution in [3.8, 4) is 0 Å². The predicted octanol–water partition coefficient (Wildman–Crippen LogP) is 2.60. The minimum atomic E-state index is -1.06. The molecule has 2 atom stereocenters. The third-order valence-electron chi connectivity index (χ3n) is 3.64. The number of carboxylic acid groups (broad SMARTS) is 1. The largest absolute Gasteiger partial charge is 0.478 e. The van der Waals surface area contributed by atoms with E-state index in [0.29, 0.717) is 23.0 Å². The Morgan fingerprint density at radius 3 is 2.84 bits per heavy atom. The lowest BCUT2D eigenvalue weighted by molar-refractivity contribution is 0.0697. The Bertz CT molecular complexity index is 521. The van der Waals surface area contributed by atoms with Gasteiger partial charge >= 0.3 is 5.97 Å². The summed E-state index contributed by atoms with van der Waals surface area (Å²) in [5.41, 5.74) is 6.08. The maximum atomic E-state index is 11.3. The molecule has 1 aliphatic heterocycles. The number of anilines is 2. The summed E-state index contributed by atoms with van der Waals surface area (Å²) < 4.78 is 5.53. The number of rotatable bonds is 3. The van der Waals surface area contributed by atoms with Gasteiger partial charge in [0.2, 0.25) is 0 Å². The number of nitrogens with two attached hydrogens (primary N) is 1. The minimum Gasteiger partial charge on any atom is -0.478 e. The molecular weight excluding hydrogens is 268 g/mol. The summed E-state index contributed by atoms with van der Waals surface area (Å²) in [4.78, 5) is 11.3. The van der Waals surface area contributed by atoms with Crippen LogP contribution >= 0.6 is 11.6 Å². The van der Waals surface area contributed by atoms with Gasteiger partial charge in [-0.15, -0.1) is 0 Å². The molecule has 0 spiro atoms. The first kappa shape index (κ1) is 14.0. The molecule has 0 radical (unpaired) electrons. The number of aromatic carboxylic acids is 1. The number of hydrogen-bond acceptors (Lipinski definition) is 4. The summed E-state index contributed by atoms with van der Waals surface area (Å²) in [6.45, 7) is 4.58. The summed E-state index contributed by atoms with van der Waals surface area (Å²) in [6.07, 6.45) is 0.760. The van der Waals surface area contributed by atoms with Gasteiger partial charge in [0, 0.05) is 12.3 Å². The molecule has 1 aromatic carbocycles. The molecule has 0 aromatic heterocycles. The van der Waals surface area contributed by atoms with Crippen molar-refractivity contribution in [1.29, 1.82) is 0 Å².